The highest BCUT2D eigenvalue weighted by atomic mass is 32.1. The van der Waals surface area contributed by atoms with Crippen molar-refractivity contribution in [2.75, 3.05) is 11.9 Å². The number of carbonyl (C=O) groups is 2. The summed E-state index contributed by atoms with van der Waals surface area (Å²) < 4.78 is 6.71. The van der Waals surface area contributed by atoms with Gasteiger partial charge < -0.3 is 10.1 Å². The molecule has 0 aliphatic heterocycles. The summed E-state index contributed by atoms with van der Waals surface area (Å²) in [6, 6.07) is 8.40. The molecule has 8 nitrogen and oxygen atoms in total. The minimum absolute atomic E-state index is 0.203. The van der Waals surface area contributed by atoms with E-state index in [4.69, 9.17) is 4.74 Å². The second kappa shape index (κ2) is 8.27. The fraction of sp³-hybridized carbons (Fsp3) is 0.227. The van der Waals surface area contributed by atoms with E-state index >= 15 is 0 Å². The van der Waals surface area contributed by atoms with Crippen molar-refractivity contribution < 1.29 is 14.3 Å². The van der Waals surface area contributed by atoms with Gasteiger partial charge in [-0.2, -0.15) is 0 Å². The van der Waals surface area contributed by atoms with E-state index < -0.39 is 11.9 Å². The van der Waals surface area contributed by atoms with Crippen LogP contribution in [0.3, 0.4) is 0 Å². The molecule has 158 valence electrons. The Hall–Kier alpha value is -3.59. The van der Waals surface area contributed by atoms with E-state index in [2.05, 4.69) is 15.3 Å². The molecule has 1 amide bonds. The van der Waals surface area contributed by atoms with Gasteiger partial charge in [-0.1, -0.05) is 6.07 Å². The summed E-state index contributed by atoms with van der Waals surface area (Å²) in [6.45, 7) is 5.66. The maximum Gasteiger partial charge on any atom is 0.338 e. The Morgan fingerprint density at radius 3 is 2.81 bits per heavy atom. The van der Waals surface area contributed by atoms with Crippen LogP contribution in [0.25, 0.3) is 20.4 Å². The molecule has 0 unspecified atom stereocenters. The van der Waals surface area contributed by atoms with Crippen LogP contribution in [0.15, 0.2) is 41.5 Å². The molecule has 0 fully saturated rings. The number of nitrogens with zero attached hydrogens (tertiary/aromatic N) is 3. The zero-order valence-corrected chi connectivity index (χ0v) is 18.1. The number of hydrogen-bond donors (Lipinski definition) is 1. The lowest BCUT2D eigenvalue weighted by Crippen LogP contribution is -2.27. The van der Waals surface area contributed by atoms with Gasteiger partial charge in [0.1, 0.15) is 16.1 Å². The van der Waals surface area contributed by atoms with E-state index in [1.807, 2.05) is 19.9 Å². The number of ether oxygens (including phenoxy) is 1. The number of esters is 1. The first-order valence-electron chi connectivity index (χ1n) is 9.70. The maximum absolute atomic E-state index is 13.0. The van der Waals surface area contributed by atoms with Crippen molar-refractivity contribution in [3.63, 3.8) is 0 Å². The standard InChI is InChI=1S/C22H20N4O4S/c1-4-30-22(29)14-6-5-7-15(9-14)25-16(27)10-26-11-23-18-17-12(2)8-13(3)24-20(17)31-19(18)21(26)28/h5-9,11H,4,10H2,1-3H3,(H,25,27). The van der Waals surface area contributed by atoms with Gasteiger partial charge in [0.15, 0.2) is 0 Å². The molecular weight excluding hydrogens is 416 g/mol. The highest BCUT2D eigenvalue weighted by Gasteiger charge is 2.16. The Morgan fingerprint density at radius 2 is 2.03 bits per heavy atom. The minimum Gasteiger partial charge on any atom is -0.462 e. The third kappa shape index (κ3) is 4.04. The first-order valence-corrected chi connectivity index (χ1v) is 10.5. The Balaban J connectivity index is 1.60. The lowest BCUT2D eigenvalue weighted by atomic mass is 10.1. The number of pyridine rings is 1. The quantitative estimate of drug-likeness (QED) is 0.481. The average molecular weight is 436 g/mol. The topological polar surface area (TPSA) is 103 Å². The number of aromatic nitrogens is 3. The van der Waals surface area contributed by atoms with E-state index in [1.165, 1.54) is 28.3 Å². The van der Waals surface area contributed by atoms with Crippen LogP contribution < -0.4 is 10.9 Å². The molecule has 0 saturated carbocycles. The molecule has 0 bridgehead atoms. The van der Waals surface area contributed by atoms with Gasteiger partial charge in [0.2, 0.25) is 5.91 Å². The average Bonchev–Trinajstić information content (AvgIpc) is 3.10. The number of aryl methyl sites for hydroxylation is 2. The Bertz CT molecular complexity index is 1390. The molecule has 0 saturated heterocycles. The predicted molar refractivity (Wildman–Crippen MR) is 120 cm³/mol. The Morgan fingerprint density at radius 1 is 1.23 bits per heavy atom. The van der Waals surface area contributed by atoms with Gasteiger partial charge >= 0.3 is 5.97 Å². The highest BCUT2D eigenvalue weighted by Crippen LogP contribution is 2.31. The lowest BCUT2D eigenvalue weighted by Gasteiger charge is -2.08. The molecule has 0 atom stereocenters. The number of rotatable bonds is 5. The molecular formula is C22H20N4O4S. The third-order valence-electron chi connectivity index (χ3n) is 4.71. The van der Waals surface area contributed by atoms with E-state index in [1.54, 1.807) is 25.1 Å². The summed E-state index contributed by atoms with van der Waals surface area (Å²) in [5.74, 6) is -0.871. The van der Waals surface area contributed by atoms with Crippen LogP contribution in [0.5, 0.6) is 0 Å². The molecule has 0 aliphatic rings. The number of hydrogen-bond acceptors (Lipinski definition) is 7. The van der Waals surface area contributed by atoms with Crippen LogP contribution >= 0.6 is 11.3 Å². The van der Waals surface area contributed by atoms with Crippen molar-refractivity contribution in [2.45, 2.75) is 27.3 Å². The molecule has 1 aromatic carbocycles. The largest absolute Gasteiger partial charge is 0.462 e. The molecule has 31 heavy (non-hydrogen) atoms. The van der Waals surface area contributed by atoms with Crippen LogP contribution in [0.2, 0.25) is 0 Å². The van der Waals surface area contributed by atoms with Gasteiger partial charge in [0, 0.05) is 16.8 Å². The second-order valence-corrected chi connectivity index (χ2v) is 8.07. The van der Waals surface area contributed by atoms with Crippen LogP contribution in [0, 0.1) is 13.8 Å². The molecule has 4 rings (SSSR count). The fourth-order valence-corrected chi connectivity index (χ4v) is 4.61. The van der Waals surface area contributed by atoms with Gasteiger partial charge in [-0.25, -0.2) is 14.8 Å². The van der Waals surface area contributed by atoms with Crippen molar-refractivity contribution in [3.05, 3.63) is 63.8 Å². The number of fused-ring (bicyclic) bond motifs is 3. The molecule has 3 aromatic heterocycles. The van der Waals surface area contributed by atoms with Gasteiger partial charge in [-0.05, 0) is 50.6 Å². The summed E-state index contributed by atoms with van der Waals surface area (Å²) in [5.41, 5.74) is 2.98. The normalized spacial score (nSPS) is 11.1. The molecule has 4 aromatic rings. The summed E-state index contributed by atoms with van der Waals surface area (Å²) in [5, 5.41) is 3.57. The van der Waals surface area contributed by atoms with E-state index in [-0.39, 0.29) is 18.7 Å². The second-order valence-electron chi connectivity index (χ2n) is 7.07. The van der Waals surface area contributed by atoms with Gasteiger partial charge in [0.25, 0.3) is 5.56 Å². The van der Waals surface area contributed by atoms with Crippen LogP contribution in [0.4, 0.5) is 5.69 Å². The summed E-state index contributed by atoms with van der Waals surface area (Å²) in [6.07, 6.45) is 1.38. The molecule has 3 heterocycles. The van der Waals surface area contributed by atoms with Gasteiger partial charge in [-0.3, -0.25) is 14.2 Å². The first kappa shape index (κ1) is 20.7. The predicted octanol–water partition coefficient (Wildman–Crippen LogP) is 3.44. The van der Waals surface area contributed by atoms with Crippen LogP contribution in [0.1, 0.15) is 28.5 Å². The van der Waals surface area contributed by atoms with Crippen molar-refractivity contribution in [1.82, 2.24) is 14.5 Å². The molecule has 0 aliphatic carbocycles. The summed E-state index contributed by atoms with van der Waals surface area (Å²) in [7, 11) is 0. The van der Waals surface area contributed by atoms with E-state index in [9.17, 15) is 14.4 Å². The number of benzene rings is 1. The lowest BCUT2D eigenvalue weighted by molar-refractivity contribution is -0.116. The molecule has 0 spiro atoms. The van der Waals surface area contributed by atoms with Crippen LogP contribution in [-0.2, 0) is 16.1 Å². The van der Waals surface area contributed by atoms with Gasteiger partial charge in [-0.15, -0.1) is 11.3 Å². The molecule has 1 N–H and O–H groups in total. The third-order valence-corrected chi connectivity index (χ3v) is 5.78. The molecule has 9 heteroatoms. The Labute approximate surface area is 181 Å². The number of carbonyl (C=O) groups excluding carboxylic acids is 2. The van der Waals surface area contributed by atoms with Gasteiger partial charge in [0.05, 0.1) is 24.0 Å². The zero-order valence-electron chi connectivity index (χ0n) is 17.3. The van der Waals surface area contributed by atoms with Crippen molar-refractivity contribution in [1.29, 1.82) is 0 Å². The Kier molecular flexibility index (Phi) is 5.51. The number of anilines is 1. The molecule has 0 radical (unpaired) electrons. The monoisotopic (exact) mass is 436 g/mol. The van der Waals surface area contributed by atoms with Crippen molar-refractivity contribution >= 4 is 49.3 Å². The summed E-state index contributed by atoms with van der Waals surface area (Å²) in [4.78, 5) is 47.1. The first-order chi connectivity index (χ1) is 14.9. The zero-order chi connectivity index (χ0) is 22.1. The minimum atomic E-state index is -0.464. The fourth-order valence-electron chi connectivity index (χ4n) is 3.41. The SMILES string of the molecule is CCOC(=O)c1cccc(NC(=O)Cn2cnc3c(sc4nc(C)cc(C)c43)c2=O)c1. The summed E-state index contributed by atoms with van der Waals surface area (Å²) >= 11 is 1.28. The van der Waals surface area contributed by atoms with Crippen molar-refractivity contribution in [2.24, 2.45) is 0 Å². The number of thiophene rings is 1. The smallest absolute Gasteiger partial charge is 0.338 e. The number of nitrogens with one attached hydrogen (secondary N) is 1. The maximum atomic E-state index is 13.0. The van der Waals surface area contributed by atoms with Crippen LogP contribution in [-0.4, -0.2) is 33.0 Å². The highest BCUT2D eigenvalue weighted by molar-refractivity contribution is 7.25. The van der Waals surface area contributed by atoms with E-state index in [0.717, 1.165) is 21.5 Å². The number of amides is 1. The van der Waals surface area contributed by atoms with Crippen molar-refractivity contribution in [3.8, 4) is 0 Å². The van der Waals surface area contributed by atoms with E-state index in [0.29, 0.717) is 21.5 Å².